The molecule has 1 aliphatic rings. The van der Waals surface area contributed by atoms with E-state index in [1.165, 1.54) is 11.1 Å². The minimum absolute atomic E-state index is 0.301. The lowest BCUT2D eigenvalue weighted by Crippen LogP contribution is -2.31. The second kappa shape index (κ2) is 5.17. The molecular weight excluding hydrogens is 222 g/mol. The number of nitrogens with one attached hydrogen (secondary N) is 1. The molecule has 0 saturated heterocycles. The molecule has 88 valence electrons. The standard InChI is InChI=1S/C13H18ClNO/c1-9(16)8-15-13-7-3-4-10-11(13)5-2-6-12(10)14/h2,5-6,9,13,15-16H,3-4,7-8H2,1H3/t9-,13?/m1/s1. The molecule has 0 spiro atoms. The molecule has 2 atom stereocenters. The van der Waals surface area contributed by atoms with Crippen molar-refractivity contribution in [2.75, 3.05) is 6.54 Å². The topological polar surface area (TPSA) is 32.3 Å². The summed E-state index contributed by atoms with van der Waals surface area (Å²) in [5.41, 5.74) is 2.58. The highest BCUT2D eigenvalue weighted by Gasteiger charge is 2.21. The third kappa shape index (κ3) is 2.57. The molecule has 2 N–H and O–H groups in total. The first-order valence-electron chi connectivity index (χ1n) is 5.87. The van der Waals surface area contributed by atoms with Crippen LogP contribution in [-0.2, 0) is 6.42 Å². The number of fused-ring (bicyclic) bond motifs is 1. The van der Waals surface area contributed by atoms with E-state index in [1.807, 2.05) is 12.1 Å². The fourth-order valence-corrected chi connectivity index (χ4v) is 2.61. The Kier molecular flexibility index (Phi) is 3.85. The number of halogens is 1. The summed E-state index contributed by atoms with van der Waals surface area (Å²) in [5.74, 6) is 0. The highest BCUT2D eigenvalue weighted by molar-refractivity contribution is 6.31. The van der Waals surface area contributed by atoms with E-state index in [2.05, 4.69) is 11.4 Å². The number of benzene rings is 1. The van der Waals surface area contributed by atoms with E-state index in [1.54, 1.807) is 6.92 Å². The lowest BCUT2D eigenvalue weighted by molar-refractivity contribution is 0.184. The van der Waals surface area contributed by atoms with E-state index in [9.17, 15) is 5.11 Å². The normalized spacial score (nSPS) is 21.6. The van der Waals surface area contributed by atoms with Gasteiger partial charge in [0.05, 0.1) is 6.10 Å². The van der Waals surface area contributed by atoms with Crippen molar-refractivity contribution in [3.05, 3.63) is 34.3 Å². The molecule has 16 heavy (non-hydrogen) atoms. The van der Waals surface area contributed by atoms with Gasteiger partial charge in [0, 0.05) is 17.6 Å². The third-order valence-corrected chi connectivity index (χ3v) is 3.46. The van der Waals surface area contributed by atoms with Crippen LogP contribution in [0.2, 0.25) is 5.02 Å². The minimum Gasteiger partial charge on any atom is -0.392 e. The van der Waals surface area contributed by atoms with Crippen molar-refractivity contribution in [1.82, 2.24) is 5.32 Å². The molecule has 0 fully saturated rings. The Hall–Kier alpha value is -0.570. The van der Waals surface area contributed by atoms with Gasteiger partial charge in [-0.1, -0.05) is 23.7 Å². The van der Waals surface area contributed by atoms with Gasteiger partial charge in [-0.15, -0.1) is 0 Å². The molecule has 0 bridgehead atoms. The van der Waals surface area contributed by atoms with Gasteiger partial charge in [-0.3, -0.25) is 0 Å². The van der Waals surface area contributed by atoms with Gasteiger partial charge in [0.1, 0.15) is 0 Å². The number of hydrogen-bond donors (Lipinski definition) is 2. The predicted octanol–water partition coefficient (Wildman–Crippen LogP) is 2.69. The summed E-state index contributed by atoms with van der Waals surface area (Å²) in [6.45, 7) is 2.44. The maximum Gasteiger partial charge on any atom is 0.0636 e. The summed E-state index contributed by atoms with van der Waals surface area (Å²) in [4.78, 5) is 0. The molecule has 3 heteroatoms. The number of rotatable bonds is 3. The van der Waals surface area contributed by atoms with Crippen molar-refractivity contribution in [2.45, 2.75) is 38.3 Å². The number of hydrogen-bond acceptors (Lipinski definition) is 2. The summed E-state index contributed by atoms with van der Waals surface area (Å²) in [6, 6.07) is 6.44. The molecule has 0 aliphatic heterocycles. The first-order chi connectivity index (χ1) is 7.68. The van der Waals surface area contributed by atoms with E-state index < -0.39 is 0 Å². The average Bonchev–Trinajstić information content (AvgIpc) is 2.27. The Morgan fingerprint density at radius 1 is 1.56 bits per heavy atom. The second-order valence-corrected chi connectivity index (χ2v) is 4.92. The Labute approximate surface area is 102 Å². The molecule has 1 unspecified atom stereocenters. The summed E-state index contributed by atoms with van der Waals surface area (Å²) >= 11 is 6.19. The molecule has 0 amide bonds. The van der Waals surface area contributed by atoms with Crippen LogP contribution >= 0.6 is 11.6 Å². The highest BCUT2D eigenvalue weighted by atomic mass is 35.5. The van der Waals surface area contributed by atoms with Crippen LogP contribution in [-0.4, -0.2) is 17.8 Å². The fraction of sp³-hybridized carbons (Fsp3) is 0.538. The van der Waals surface area contributed by atoms with Crippen LogP contribution in [0.1, 0.15) is 36.9 Å². The van der Waals surface area contributed by atoms with Gasteiger partial charge in [-0.2, -0.15) is 0 Å². The van der Waals surface area contributed by atoms with Crippen molar-refractivity contribution in [1.29, 1.82) is 0 Å². The number of aliphatic hydroxyl groups excluding tert-OH is 1. The monoisotopic (exact) mass is 239 g/mol. The molecule has 1 aromatic carbocycles. The zero-order valence-corrected chi connectivity index (χ0v) is 10.3. The number of aliphatic hydroxyl groups is 1. The van der Waals surface area contributed by atoms with Crippen molar-refractivity contribution >= 4 is 11.6 Å². The quantitative estimate of drug-likeness (QED) is 0.850. The SMILES string of the molecule is C[C@@H](O)CNC1CCCc2c(Cl)cccc21. The Bertz CT molecular complexity index is 365. The summed E-state index contributed by atoms with van der Waals surface area (Å²) < 4.78 is 0. The first kappa shape index (κ1) is 11.9. The van der Waals surface area contributed by atoms with E-state index in [0.29, 0.717) is 12.6 Å². The van der Waals surface area contributed by atoms with Crippen LogP contribution in [0.4, 0.5) is 0 Å². The largest absolute Gasteiger partial charge is 0.392 e. The lowest BCUT2D eigenvalue weighted by Gasteiger charge is -2.27. The Morgan fingerprint density at radius 2 is 2.38 bits per heavy atom. The molecule has 2 nitrogen and oxygen atoms in total. The van der Waals surface area contributed by atoms with Crippen LogP contribution in [0.5, 0.6) is 0 Å². The zero-order valence-electron chi connectivity index (χ0n) is 9.54. The molecule has 1 aliphatic carbocycles. The fourth-order valence-electron chi connectivity index (χ4n) is 2.33. The molecule has 0 heterocycles. The van der Waals surface area contributed by atoms with E-state index in [-0.39, 0.29) is 6.10 Å². The minimum atomic E-state index is -0.301. The van der Waals surface area contributed by atoms with Crippen molar-refractivity contribution in [3.8, 4) is 0 Å². The summed E-state index contributed by atoms with van der Waals surface area (Å²) in [6.07, 6.45) is 3.06. The van der Waals surface area contributed by atoms with Crippen LogP contribution in [0, 0.1) is 0 Å². The van der Waals surface area contributed by atoms with Crippen LogP contribution in [0.3, 0.4) is 0 Å². The van der Waals surface area contributed by atoms with Crippen molar-refractivity contribution in [2.24, 2.45) is 0 Å². The van der Waals surface area contributed by atoms with Crippen LogP contribution in [0.15, 0.2) is 18.2 Å². The van der Waals surface area contributed by atoms with Crippen molar-refractivity contribution < 1.29 is 5.11 Å². The Morgan fingerprint density at radius 3 is 3.12 bits per heavy atom. The van der Waals surface area contributed by atoms with Gasteiger partial charge in [0.15, 0.2) is 0 Å². The van der Waals surface area contributed by atoms with Gasteiger partial charge in [0.25, 0.3) is 0 Å². The maximum absolute atomic E-state index is 9.30. The van der Waals surface area contributed by atoms with Crippen molar-refractivity contribution in [3.63, 3.8) is 0 Å². The lowest BCUT2D eigenvalue weighted by atomic mass is 9.87. The van der Waals surface area contributed by atoms with Crippen LogP contribution in [0.25, 0.3) is 0 Å². The zero-order chi connectivity index (χ0) is 11.5. The molecule has 0 saturated carbocycles. The van der Waals surface area contributed by atoms with E-state index >= 15 is 0 Å². The summed E-state index contributed by atoms with van der Waals surface area (Å²) in [7, 11) is 0. The Balaban J connectivity index is 2.16. The van der Waals surface area contributed by atoms with E-state index in [4.69, 9.17) is 11.6 Å². The predicted molar refractivity (Wildman–Crippen MR) is 66.8 cm³/mol. The van der Waals surface area contributed by atoms with Gasteiger partial charge >= 0.3 is 0 Å². The van der Waals surface area contributed by atoms with Gasteiger partial charge in [-0.05, 0) is 43.4 Å². The van der Waals surface area contributed by atoms with E-state index in [0.717, 1.165) is 24.3 Å². The maximum atomic E-state index is 9.30. The van der Waals surface area contributed by atoms with Crippen LogP contribution < -0.4 is 5.32 Å². The molecule has 2 rings (SSSR count). The molecule has 0 radical (unpaired) electrons. The molecule has 1 aromatic rings. The second-order valence-electron chi connectivity index (χ2n) is 4.51. The first-order valence-corrected chi connectivity index (χ1v) is 6.25. The van der Waals surface area contributed by atoms with Gasteiger partial charge in [0.2, 0.25) is 0 Å². The van der Waals surface area contributed by atoms with Gasteiger partial charge in [-0.25, -0.2) is 0 Å². The van der Waals surface area contributed by atoms with Gasteiger partial charge < -0.3 is 10.4 Å². The average molecular weight is 240 g/mol. The molecular formula is C13H18ClNO. The molecule has 0 aromatic heterocycles. The summed E-state index contributed by atoms with van der Waals surface area (Å²) in [5, 5.41) is 13.6. The smallest absolute Gasteiger partial charge is 0.0636 e. The third-order valence-electron chi connectivity index (χ3n) is 3.11. The highest BCUT2D eigenvalue weighted by Crippen LogP contribution is 2.33.